The highest BCUT2D eigenvalue weighted by Gasteiger charge is 2.26. The number of aromatic nitrogens is 2. The minimum atomic E-state index is -0.323. The Morgan fingerprint density at radius 3 is 2.79 bits per heavy atom. The SMILES string of the molecule is CCCNc1ncc(F)c(N(CCC)CC2CC2)n1. The van der Waals surface area contributed by atoms with Crippen LogP contribution >= 0.6 is 0 Å². The maximum absolute atomic E-state index is 13.9. The minimum Gasteiger partial charge on any atom is -0.354 e. The lowest BCUT2D eigenvalue weighted by Gasteiger charge is -2.23. The van der Waals surface area contributed by atoms with E-state index >= 15 is 0 Å². The number of hydrogen-bond acceptors (Lipinski definition) is 4. The van der Waals surface area contributed by atoms with Crippen LogP contribution in [-0.2, 0) is 0 Å². The summed E-state index contributed by atoms with van der Waals surface area (Å²) in [5.41, 5.74) is 0. The van der Waals surface area contributed by atoms with Gasteiger partial charge in [0.1, 0.15) is 0 Å². The molecule has 0 unspecified atom stereocenters. The van der Waals surface area contributed by atoms with Crippen LogP contribution in [0.3, 0.4) is 0 Å². The first kappa shape index (κ1) is 14.0. The lowest BCUT2D eigenvalue weighted by molar-refractivity contribution is 0.593. The van der Waals surface area contributed by atoms with Gasteiger partial charge in [-0.1, -0.05) is 13.8 Å². The minimum absolute atomic E-state index is 0.323. The second-order valence-corrected chi connectivity index (χ2v) is 5.18. The molecule has 1 heterocycles. The average Bonchev–Trinajstić information content (AvgIpc) is 3.21. The Kier molecular flexibility index (Phi) is 4.93. The zero-order valence-electron chi connectivity index (χ0n) is 11.8. The number of halogens is 1. The van der Waals surface area contributed by atoms with Gasteiger partial charge in [0.15, 0.2) is 11.6 Å². The van der Waals surface area contributed by atoms with Gasteiger partial charge in [0.2, 0.25) is 5.95 Å². The maximum atomic E-state index is 13.9. The predicted octanol–water partition coefficient (Wildman–Crippen LogP) is 3.06. The van der Waals surface area contributed by atoms with Crippen LogP contribution in [0.2, 0.25) is 0 Å². The lowest BCUT2D eigenvalue weighted by Crippen LogP contribution is -2.29. The highest BCUT2D eigenvalue weighted by atomic mass is 19.1. The van der Waals surface area contributed by atoms with Gasteiger partial charge in [-0.3, -0.25) is 0 Å². The molecule has 4 nitrogen and oxygen atoms in total. The van der Waals surface area contributed by atoms with Crippen LogP contribution in [0.15, 0.2) is 6.20 Å². The van der Waals surface area contributed by atoms with E-state index in [0.29, 0.717) is 17.7 Å². The normalized spacial score (nSPS) is 14.5. The van der Waals surface area contributed by atoms with Crippen molar-refractivity contribution in [3.05, 3.63) is 12.0 Å². The Morgan fingerprint density at radius 2 is 2.16 bits per heavy atom. The molecule has 0 spiro atoms. The second kappa shape index (κ2) is 6.68. The van der Waals surface area contributed by atoms with E-state index in [-0.39, 0.29) is 5.82 Å². The van der Waals surface area contributed by atoms with Crippen LogP contribution in [0, 0.1) is 11.7 Å². The van der Waals surface area contributed by atoms with Crippen molar-refractivity contribution in [2.24, 2.45) is 5.92 Å². The Balaban J connectivity index is 2.13. The molecule has 19 heavy (non-hydrogen) atoms. The molecule has 5 heteroatoms. The molecule has 0 saturated heterocycles. The summed E-state index contributed by atoms with van der Waals surface area (Å²) >= 11 is 0. The molecule has 1 aliphatic carbocycles. The van der Waals surface area contributed by atoms with E-state index in [9.17, 15) is 4.39 Å². The predicted molar refractivity (Wildman–Crippen MR) is 76.0 cm³/mol. The van der Waals surface area contributed by atoms with Gasteiger partial charge in [-0.15, -0.1) is 0 Å². The quantitative estimate of drug-likeness (QED) is 0.785. The fraction of sp³-hybridized carbons (Fsp3) is 0.714. The molecule has 0 bridgehead atoms. The van der Waals surface area contributed by atoms with Gasteiger partial charge in [0.05, 0.1) is 6.20 Å². The largest absolute Gasteiger partial charge is 0.354 e. The summed E-state index contributed by atoms with van der Waals surface area (Å²) in [6.07, 6.45) is 5.78. The molecule has 0 amide bonds. The Bertz CT molecular complexity index is 406. The highest BCUT2D eigenvalue weighted by Crippen LogP contribution is 2.31. The van der Waals surface area contributed by atoms with E-state index in [1.165, 1.54) is 19.0 Å². The standard InChI is InChI=1S/C14H23FN4/c1-3-7-16-14-17-9-12(15)13(18-14)19(8-4-2)10-11-5-6-11/h9,11H,3-8,10H2,1-2H3,(H,16,17,18). The molecule has 1 saturated carbocycles. The van der Waals surface area contributed by atoms with Gasteiger partial charge < -0.3 is 10.2 Å². The highest BCUT2D eigenvalue weighted by molar-refractivity contribution is 5.44. The zero-order chi connectivity index (χ0) is 13.7. The summed E-state index contributed by atoms with van der Waals surface area (Å²) in [7, 11) is 0. The van der Waals surface area contributed by atoms with Gasteiger partial charge in [0, 0.05) is 19.6 Å². The summed E-state index contributed by atoms with van der Waals surface area (Å²) in [5.74, 6) is 1.36. The van der Waals surface area contributed by atoms with E-state index in [0.717, 1.165) is 32.5 Å². The second-order valence-electron chi connectivity index (χ2n) is 5.18. The molecule has 1 aliphatic rings. The van der Waals surface area contributed by atoms with Crippen molar-refractivity contribution in [2.45, 2.75) is 39.5 Å². The van der Waals surface area contributed by atoms with Crippen molar-refractivity contribution < 1.29 is 4.39 Å². The van der Waals surface area contributed by atoms with Gasteiger partial charge in [0.25, 0.3) is 0 Å². The fourth-order valence-corrected chi connectivity index (χ4v) is 2.07. The Hall–Kier alpha value is -1.39. The van der Waals surface area contributed by atoms with Crippen molar-refractivity contribution in [1.82, 2.24) is 9.97 Å². The van der Waals surface area contributed by atoms with Crippen LogP contribution < -0.4 is 10.2 Å². The zero-order valence-corrected chi connectivity index (χ0v) is 11.8. The summed E-state index contributed by atoms with van der Waals surface area (Å²) < 4.78 is 13.9. The summed E-state index contributed by atoms with van der Waals surface area (Å²) in [4.78, 5) is 10.4. The summed E-state index contributed by atoms with van der Waals surface area (Å²) in [5, 5.41) is 3.11. The molecule has 0 radical (unpaired) electrons. The van der Waals surface area contributed by atoms with Gasteiger partial charge >= 0.3 is 0 Å². The van der Waals surface area contributed by atoms with Gasteiger partial charge in [-0.25, -0.2) is 9.37 Å². The van der Waals surface area contributed by atoms with E-state index in [4.69, 9.17) is 0 Å². The molecule has 106 valence electrons. The number of hydrogen-bond donors (Lipinski definition) is 1. The van der Waals surface area contributed by atoms with Crippen LogP contribution in [0.5, 0.6) is 0 Å². The summed E-state index contributed by atoms with van der Waals surface area (Å²) in [6.45, 7) is 6.75. The number of nitrogens with one attached hydrogen (secondary N) is 1. The Labute approximate surface area is 114 Å². The molecular weight excluding hydrogens is 243 g/mol. The molecule has 0 atom stereocenters. The first-order valence-corrected chi connectivity index (χ1v) is 7.26. The molecule has 0 aliphatic heterocycles. The Morgan fingerprint density at radius 1 is 1.37 bits per heavy atom. The van der Waals surface area contributed by atoms with E-state index in [2.05, 4.69) is 34.0 Å². The van der Waals surface area contributed by atoms with E-state index in [1.54, 1.807) is 0 Å². The monoisotopic (exact) mass is 266 g/mol. The lowest BCUT2D eigenvalue weighted by atomic mass is 10.3. The molecular formula is C14H23FN4. The average molecular weight is 266 g/mol. The number of nitrogens with zero attached hydrogens (tertiary/aromatic N) is 3. The van der Waals surface area contributed by atoms with Crippen LogP contribution in [-0.4, -0.2) is 29.6 Å². The third-order valence-electron chi connectivity index (χ3n) is 3.23. The first-order valence-electron chi connectivity index (χ1n) is 7.26. The third-order valence-corrected chi connectivity index (χ3v) is 3.23. The van der Waals surface area contributed by atoms with Crippen LogP contribution in [0.4, 0.5) is 16.2 Å². The molecule has 1 aromatic rings. The van der Waals surface area contributed by atoms with Crippen molar-refractivity contribution >= 4 is 11.8 Å². The van der Waals surface area contributed by atoms with Crippen LogP contribution in [0.25, 0.3) is 0 Å². The van der Waals surface area contributed by atoms with Crippen molar-refractivity contribution in [1.29, 1.82) is 0 Å². The summed E-state index contributed by atoms with van der Waals surface area (Å²) in [6, 6.07) is 0. The van der Waals surface area contributed by atoms with Gasteiger partial charge in [-0.2, -0.15) is 4.98 Å². The molecule has 1 fully saturated rings. The molecule has 2 rings (SSSR count). The molecule has 1 aromatic heterocycles. The maximum Gasteiger partial charge on any atom is 0.224 e. The van der Waals surface area contributed by atoms with E-state index in [1.807, 2.05) is 0 Å². The first-order chi connectivity index (χ1) is 9.24. The molecule has 0 aromatic carbocycles. The topological polar surface area (TPSA) is 41.1 Å². The van der Waals surface area contributed by atoms with Crippen molar-refractivity contribution in [3.8, 4) is 0 Å². The van der Waals surface area contributed by atoms with Gasteiger partial charge in [-0.05, 0) is 31.6 Å². The smallest absolute Gasteiger partial charge is 0.224 e. The van der Waals surface area contributed by atoms with Crippen molar-refractivity contribution in [3.63, 3.8) is 0 Å². The van der Waals surface area contributed by atoms with Crippen molar-refractivity contribution in [2.75, 3.05) is 29.9 Å². The number of rotatable bonds is 8. The fourth-order valence-electron chi connectivity index (χ4n) is 2.07. The number of anilines is 2. The third kappa shape index (κ3) is 4.04. The van der Waals surface area contributed by atoms with Crippen LogP contribution in [0.1, 0.15) is 39.5 Å². The van der Waals surface area contributed by atoms with E-state index < -0.39 is 0 Å². The molecule has 1 N–H and O–H groups in total.